The van der Waals surface area contributed by atoms with Crippen molar-refractivity contribution in [2.45, 2.75) is 20.4 Å². The molecule has 4 rings (SSSR count). The lowest BCUT2D eigenvalue weighted by Crippen LogP contribution is -2.26. The van der Waals surface area contributed by atoms with Crippen molar-refractivity contribution in [1.82, 2.24) is 14.8 Å². The number of carbonyl (C=O) groups excluding carboxylic acids is 1. The average molecular weight is 400 g/mol. The molecule has 8 heteroatoms. The number of hydrogen-bond donors (Lipinski definition) is 1. The highest BCUT2D eigenvalue weighted by Gasteiger charge is 2.18. The van der Waals surface area contributed by atoms with Gasteiger partial charge in [0.25, 0.3) is 0 Å². The Bertz CT molecular complexity index is 1170. The number of imidazole rings is 1. The van der Waals surface area contributed by atoms with Crippen molar-refractivity contribution in [2.75, 3.05) is 6.61 Å². The predicted octanol–water partition coefficient (Wildman–Crippen LogP) is 3.64. The summed E-state index contributed by atoms with van der Waals surface area (Å²) >= 11 is 6.34. The van der Waals surface area contributed by atoms with E-state index in [0.29, 0.717) is 18.2 Å². The molecule has 7 nitrogen and oxygen atoms in total. The molecule has 0 unspecified atom stereocenters. The van der Waals surface area contributed by atoms with Gasteiger partial charge in [0.05, 0.1) is 20.2 Å². The zero-order chi connectivity index (χ0) is 19.8. The number of esters is 1. The Labute approximate surface area is 166 Å². The van der Waals surface area contributed by atoms with Crippen LogP contribution in [0.25, 0.3) is 22.4 Å². The van der Waals surface area contributed by atoms with Crippen LogP contribution in [0.1, 0.15) is 28.7 Å². The number of aromatic amines is 1. The molecular weight excluding hydrogens is 380 g/mol. The number of rotatable bonds is 5. The lowest BCUT2D eigenvalue weighted by Gasteiger charge is -2.06. The number of furan rings is 1. The maximum Gasteiger partial charge on any atom is 0.358 e. The van der Waals surface area contributed by atoms with Crippen molar-refractivity contribution in [1.29, 1.82) is 0 Å². The van der Waals surface area contributed by atoms with Gasteiger partial charge < -0.3 is 9.15 Å². The van der Waals surface area contributed by atoms with Crippen LogP contribution in [-0.2, 0) is 18.3 Å². The number of nitrogens with zero attached hydrogens (tertiary/aromatic N) is 3. The summed E-state index contributed by atoms with van der Waals surface area (Å²) in [4.78, 5) is 15.0. The molecule has 0 aliphatic rings. The summed E-state index contributed by atoms with van der Waals surface area (Å²) in [7, 11) is 1.94. The van der Waals surface area contributed by atoms with Crippen molar-refractivity contribution >= 4 is 28.5 Å². The van der Waals surface area contributed by atoms with Gasteiger partial charge in [0.1, 0.15) is 11.8 Å². The molecule has 0 amide bonds. The van der Waals surface area contributed by atoms with E-state index in [2.05, 4.69) is 10.1 Å². The monoisotopic (exact) mass is 399 g/mol. The highest BCUT2D eigenvalue weighted by atomic mass is 35.5. The highest BCUT2D eigenvalue weighted by Crippen LogP contribution is 2.31. The van der Waals surface area contributed by atoms with Crippen LogP contribution in [-0.4, -0.2) is 27.3 Å². The third-order valence-corrected chi connectivity index (χ3v) is 4.78. The first kappa shape index (κ1) is 18.3. The molecular formula is C20H20ClN4O3+. The minimum Gasteiger partial charge on any atom is -0.461 e. The fourth-order valence-electron chi connectivity index (χ4n) is 3.21. The topological polar surface area (TPSA) is 76.9 Å². The van der Waals surface area contributed by atoms with Crippen molar-refractivity contribution in [2.24, 2.45) is 7.05 Å². The van der Waals surface area contributed by atoms with E-state index < -0.39 is 5.97 Å². The smallest absolute Gasteiger partial charge is 0.358 e. The lowest BCUT2D eigenvalue weighted by molar-refractivity contribution is -0.659. The van der Waals surface area contributed by atoms with Crippen LogP contribution in [0.3, 0.4) is 0 Å². The zero-order valence-corrected chi connectivity index (χ0v) is 16.6. The van der Waals surface area contributed by atoms with E-state index in [9.17, 15) is 4.79 Å². The number of halogens is 1. The molecule has 4 aromatic rings. The van der Waals surface area contributed by atoms with Crippen molar-refractivity contribution in [3.05, 3.63) is 58.8 Å². The number of H-pyrrole nitrogens is 1. The van der Waals surface area contributed by atoms with Crippen LogP contribution in [0.2, 0.25) is 5.02 Å². The molecule has 0 aliphatic heterocycles. The molecule has 0 aliphatic carbocycles. The third kappa shape index (κ3) is 3.29. The summed E-state index contributed by atoms with van der Waals surface area (Å²) in [6, 6.07) is 7.42. The minimum absolute atomic E-state index is 0.289. The number of hydrogen-bond acceptors (Lipinski definition) is 4. The molecule has 3 aromatic heterocycles. The van der Waals surface area contributed by atoms with Gasteiger partial charge in [-0.2, -0.15) is 5.10 Å². The predicted molar refractivity (Wildman–Crippen MR) is 104 cm³/mol. The normalized spacial score (nSPS) is 11.3. The van der Waals surface area contributed by atoms with Gasteiger partial charge in [-0.05, 0) is 38.1 Å². The van der Waals surface area contributed by atoms with Crippen LogP contribution < -0.4 is 4.57 Å². The quantitative estimate of drug-likeness (QED) is 0.410. The van der Waals surface area contributed by atoms with E-state index in [-0.39, 0.29) is 5.69 Å². The van der Waals surface area contributed by atoms with Gasteiger partial charge in [-0.3, -0.25) is 4.68 Å². The number of carbonyl (C=O) groups is 1. The maximum atomic E-state index is 12.0. The molecule has 28 heavy (non-hydrogen) atoms. The zero-order valence-electron chi connectivity index (χ0n) is 15.8. The molecule has 0 saturated heterocycles. The van der Waals surface area contributed by atoms with E-state index in [1.165, 1.54) is 0 Å². The number of nitrogens with one attached hydrogen (secondary N) is 1. The van der Waals surface area contributed by atoms with Crippen molar-refractivity contribution < 1.29 is 18.5 Å². The first-order chi connectivity index (χ1) is 13.5. The first-order valence-electron chi connectivity index (χ1n) is 8.92. The Hall–Kier alpha value is -3.06. The molecule has 0 fully saturated rings. The minimum atomic E-state index is -0.430. The second-order valence-corrected chi connectivity index (χ2v) is 7.02. The second-order valence-electron chi connectivity index (χ2n) is 6.58. The number of aromatic nitrogens is 4. The van der Waals surface area contributed by atoms with Crippen LogP contribution in [0.4, 0.5) is 0 Å². The molecule has 0 bridgehead atoms. The SMILES string of the molecule is CCOC(=O)c1cc(C)n(Cc2cc(Cl)cc3cc(-c4c[nH]c[n+]4C)oc23)n1. The Morgan fingerprint density at radius 1 is 1.36 bits per heavy atom. The molecule has 1 N–H and O–H groups in total. The average Bonchev–Trinajstić information content (AvgIpc) is 3.34. The van der Waals surface area contributed by atoms with Crippen LogP contribution in [0.5, 0.6) is 0 Å². The Balaban J connectivity index is 1.74. The summed E-state index contributed by atoms with van der Waals surface area (Å²) in [5.74, 6) is 0.313. The van der Waals surface area contributed by atoms with E-state index in [0.717, 1.165) is 33.7 Å². The Kier molecular flexibility index (Phi) is 4.68. The summed E-state index contributed by atoms with van der Waals surface area (Å²) in [6.45, 7) is 4.40. The summed E-state index contributed by atoms with van der Waals surface area (Å²) in [5.41, 5.74) is 3.69. The first-order valence-corrected chi connectivity index (χ1v) is 9.30. The van der Waals surface area contributed by atoms with Crippen LogP contribution in [0.15, 0.2) is 41.2 Å². The second kappa shape index (κ2) is 7.16. The number of aryl methyl sites for hydroxylation is 2. The molecule has 144 valence electrons. The molecule has 0 atom stereocenters. The molecule has 0 saturated carbocycles. The van der Waals surface area contributed by atoms with Gasteiger partial charge in [-0.1, -0.05) is 11.6 Å². The summed E-state index contributed by atoms with van der Waals surface area (Å²) < 4.78 is 14.9. The number of fused-ring (bicyclic) bond motifs is 1. The fraction of sp³-hybridized carbons (Fsp3) is 0.250. The molecule has 3 heterocycles. The van der Waals surface area contributed by atoms with Gasteiger partial charge in [0, 0.05) is 21.7 Å². The number of benzene rings is 1. The van der Waals surface area contributed by atoms with Gasteiger partial charge in [-0.15, -0.1) is 0 Å². The third-order valence-electron chi connectivity index (χ3n) is 4.56. The Morgan fingerprint density at radius 2 is 2.18 bits per heavy atom. The Morgan fingerprint density at radius 3 is 2.89 bits per heavy atom. The largest absolute Gasteiger partial charge is 0.461 e. The summed E-state index contributed by atoms with van der Waals surface area (Å²) in [5, 5.41) is 5.90. The fourth-order valence-corrected chi connectivity index (χ4v) is 3.46. The van der Waals surface area contributed by atoms with E-state index in [1.807, 2.05) is 49.3 Å². The molecule has 1 aromatic carbocycles. The van der Waals surface area contributed by atoms with Crippen molar-refractivity contribution in [3.8, 4) is 11.5 Å². The van der Waals surface area contributed by atoms with Gasteiger partial charge >= 0.3 is 5.97 Å². The maximum absolute atomic E-state index is 12.0. The van der Waals surface area contributed by atoms with Gasteiger partial charge in [0.15, 0.2) is 11.5 Å². The van der Waals surface area contributed by atoms with Crippen LogP contribution >= 0.6 is 11.6 Å². The van der Waals surface area contributed by atoms with E-state index >= 15 is 0 Å². The number of ether oxygens (including phenoxy) is 1. The lowest BCUT2D eigenvalue weighted by atomic mass is 10.1. The highest BCUT2D eigenvalue weighted by molar-refractivity contribution is 6.31. The standard InChI is InChI=1S/C20H19ClN4O3/c1-4-27-20(26)16-5-12(2)25(23-16)10-14-7-15(21)6-13-8-18(28-19(13)14)17-9-22-11-24(17)3/h5-9,11H,4,10H2,1-3H3/p+1. The van der Waals surface area contributed by atoms with E-state index in [1.54, 1.807) is 17.7 Å². The molecule has 0 spiro atoms. The van der Waals surface area contributed by atoms with Gasteiger partial charge in [0.2, 0.25) is 12.0 Å². The molecule has 0 radical (unpaired) electrons. The van der Waals surface area contributed by atoms with Crippen molar-refractivity contribution in [3.63, 3.8) is 0 Å². The van der Waals surface area contributed by atoms with Gasteiger partial charge in [-0.25, -0.2) is 14.3 Å². The summed E-state index contributed by atoms with van der Waals surface area (Å²) in [6.07, 6.45) is 3.72. The van der Waals surface area contributed by atoms with E-state index in [4.69, 9.17) is 20.8 Å². The van der Waals surface area contributed by atoms with Crippen LogP contribution in [0, 0.1) is 6.92 Å².